The Labute approximate surface area is 112 Å². The summed E-state index contributed by atoms with van der Waals surface area (Å²) >= 11 is 1.49. The molecule has 1 aromatic heterocycles. The lowest BCUT2D eigenvalue weighted by Crippen LogP contribution is -2.31. The van der Waals surface area contributed by atoms with E-state index < -0.39 is 11.9 Å². The van der Waals surface area contributed by atoms with E-state index in [-0.39, 0.29) is 0 Å². The molecule has 1 N–H and O–H groups in total. The van der Waals surface area contributed by atoms with E-state index in [0.717, 1.165) is 30.2 Å². The van der Waals surface area contributed by atoms with Gasteiger partial charge in [0.15, 0.2) is 0 Å². The molecule has 100 valence electrons. The molecule has 18 heavy (non-hydrogen) atoms. The Morgan fingerprint density at radius 1 is 1.72 bits per heavy atom. The van der Waals surface area contributed by atoms with E-state index in [1.165, 1.54) is 17.8 Å². The van der Waals surface area contributed by atoms with Crippen molar-refractivity contribution in [2.24, 2.45) is 0 Å². The lowest BCUT2D eigenvalue weighted by Gasteiger charge is -2.28. The predicted octanol–water partition coefficient (Wildman–Crippen LogP) is 2.53. The van der Waals surface area contributed by atoms with Gasteiger partial charge in [0, 0.05) is 17.8 Å². The maximum atomic E-state index is 11.1. The molecule has 2 rings (SSSR count). The summed E-state index contributed by atoms with van der Waals surface area (Å²) in [6, 6.07) is 0. The first-order chi connectivity index (χ1) is 8.61. The molecular weight excluding hydrogens is 248 g/mol. The van der Waals surface area contributed by atoms with Crippen molar-refractivity contribution < 1.29 is 9.90 Å². The average molecular weight is 268 g/mol. The molecule has 1 aromatic rings. The number of hydrogen-bond donors (Lipinski definition) is 1. The molecule has 0 radical (unpaired) electrons. The van der Waals surface area contributed by atoms with Gasteiger partial charge in [-0.2, -0.15) is 0 Å². The van der Waals surface area contributed by atoms with Crippen LogP contribution in [0.1, 0.15) is 48.7 Å². The molecule has 2 unspecified atom stereocenters. The quantitative estimate of drug-likeness (QED) is 0.911. The number of rotatable bonds is 4. The molecule has 0 spiro atoms. The zero-order valence-electron chi connectivity index (χ0n) is 10.9. The van der Waals surface area contributed by atoms with E-state index in [1.54, 1.807) is 0 Å². The van der Waals surface area contributed by atoms with Crippen molar-refractivity contribution in [2.45, 2.75) is 38.0 Å². The van der Waals surface area contributed by atoms with Gasteiger partial charge in [0.25, 0.3) is 0 Å². The molecule has 0 amide bonds. The molecule has 1 fully saturated rings. The minimum Gasteiger partial charge on any atom is -0.481 e. The second kappa shape index (κ2) is 5.80. The second-order valence-electron chi connectivity index (χ2n) is 5.01. The van der Waals surface area contributed by atoms with Crippen LogP contribution in [-0.2, 0) is 4.79 Å². The number of piperidine rings is 1. The third-order valence-corrected chi connectivity index (χ3v) is 4.56. The normalized spacial score (nSPS) is 22.9. The van der Waals surface area contributed by atoms with Gasteiger partial charge >= 0.3 is 5.97 Å². The highest BCUT2D eigenvalue weighted by atomic mass is 32.1. The van der Waals surface area contributed by atoms with Crippen LogP contribution in [0.15, 0.2) is 5.38 Å². The number of nitrogens with zero attached hydrogens (tertiary/aromatic N) is 2. The average Bonchev–Trinajstić information content (AvgIpc) is 2.79. The van der Waals surface area contributed by atoms with E-state index in [9.17, 15) is 4.79 Å². The number of carboxylic acids is 1. The van der Waals surface area contributed by atoms with Crippen molar-refractivity contribution in [3.8, 4) is 0 Å². The monoisotopic (exact) mass is 268 g/mol. The minimum absolute atomic E-state index is 0.440. The molecule has 0 bridgehead atoms. The van der Waals surface area contributed by atoms with Gasteiger partial charge in [0.05, 0.1) is 5.69 Å². The maximum Gasteiger partial charge on any atom is 0.313 e. The van der Waals surface area contributed by atoms with Gasteiger partial charge in [-0.1, -0.05) is 6.92 Å². The van der Waals surface area contributed by atoms with Gasteiger partial charge < -0.3 is 10.0 Å². The number of likely N-dealkylation sites (tertiary alicyclic amines) is 1. The lowest BCUT2D eigenvalue weighted by molar-refractivity contribution is -0.138. The number of carboxylic acid groups (broad SMARTS) is 1. The van der Waals surface area contributed by atoms with E-state index in [1.807, 2.05) is 12.3 Å². The predicted molar refractivity (Wildman–Crippen MR) is 72.3 cm³/mol. The van der Waals surface area contributed by atoms with Crippen LogP contribution in [0.3, 0.4) is 0 Å². The molecule has 1 aliphatic rings. The Bertz CT molecular complexity index is 419. The Kier molecular flexibility index (Phi) is 4.35. The van der Waals surface area contributed by atoms with Crippen molar-refractivity contribution in [1.29, 1.82) is 0 Å². The summed E-state index contributed by atoms with van der Waals surface area (Å²) in [5.74, 6) is -0.732. The van der Waals surface area contributed by atoms with Crippen LogP contribution >= 0.6 is 11.3 Å². The number of aromatic nitrogens is 1. The highest BCUT2D eigenvalue weighted by Gasteiger charge is 2.25. The molecule has 1 saturated heterocycles. The Balaban J connectivity index is 2.12. The summed E-state index contributed by atoms with van der Waals surface area (Å²) in [6.07, 6.45) is 2.97. The van der Waals surface area contributed by atoms with Crippen molar-refractivity contribution in [2.75, 3.05) is 20.1 Å². The van der Waals surface area contributed by atoms with Gasteiger partial charge in [0.1, 0.15) is 10.9 Å². The lowest BCUT2D eigenvalue weighted by atomic mass is 9.96. The minimum atomic E-state index is -0.765. The Morgan fingerprint density at radius 3 is 3.11 bits per heavy atom. The first-order valence-corrected chi connectivity index (χ1v) is 7.36. The zero-order valence-corrected chi connectivity index (χ0v) is 11.7. The fraction of sp³-hybridized carbons (Fsp3) is 0.692. The summed E-state index contributed by atoms with van der Waals surface area (Å²) in [5, 5.41) is 12.0. The molecule has 4 nitrogen and oxygen atoms in total. The Morgan fingerprint density at radius 2 is 2.50 bits per heavy atom. The van der Waals surface area contributed by atoms with E-state index in [0.29, 0.717) is 12.3 Å². The van der Waals surface area contributed by atoms with Gasteiger partial charge in [-0.25, -0.2) is 4.98 Å². The summed E-state index contributed by atoms with van der Waals surface area (Å²) in [6.45, 7) is 4.08. The van der Waals surface area contributed by atoms with Gasteiger partial charge in [-0.3, -0.25) is 4.79 Å². The summed E-state index contributed by atoms with van der Waals surface area (Å²) in [7, 11) is 2.13. The van der Waals surface area contributed by atoms with Crippen LogP contribution in [0.4, 0.5) is 0 Å². The zero-order chi connectivity index (χ0) is 13.1. The summed E-state index contributed by atoms with van der Waals surface area (Å²) in [5.41, 5.74) is 1.08. The van der Waals surface area contributed by atoms with Gasteiger partial charge in [0.2, 0.25) is 0 Å². The van der Waals surface area contributed by atoms with Crippen LogP contribution in [0.5, 0.6) is 0 Å². The number of aliphatic carboxylic acids is 1. The van der Waals surface area contributed by atoms with Crippen LogP contribution in [0.2, 0.25) is 0 Å². The van der Waals surface area contributed by atoms with Crippen LogP contribution in [-0.4, -0.2) is 41.1 Å². The molecule has 5 heteroatoms. The third-order valence-electron chi connectivity index (χ3n) is 3.59. The van der Waals surface area contributed by atoms with Crippen molar-refractivity contribution in [3.05, 3.63) is 16.1 Å². The topological polar surface area (TPSA) is 53.4 Å². The van der Waals surface area contributed by atoms with Gasteiger partial charge in [-0.15, -0.1) is 11.3 Å². The number of carbonyl (C=O) groups is 1. The van der Waals surface area contributed by atoms with Crippen LogP contribution < -0.4 is 0 Å². The van der Waals surface area contributed by atoms with E-state index in [4.69, 9.17) is 5.11 Å². The molecule has 0 saturated carbocycles. The maximum absolute atomic E-state index is 11.1. The first-order valence-electron chi connectivity index (χ1n) is 6.48. The van der Waals surface area contributed by atoms with E-state index >= 15 is 0 Å². The molecule has 1 aliphatic heterocycles. The largest absolute Gasteiger partial charge is 0.481 e. The second-order valence-corrected chi connectivity index (χ2v) is 5.90. The molecule has 0 aromatic carbocycles. The molecule has 2 heterocycles. The summed E-state index contributed by atoms with van der Waals surface area (Å²) < 4.78 is 0. The molecule has 0 aliphatic carbocycles. The van der Waals surface area contributed by atoms with Crippen LogP contribution in [0, 0.1) is 0 Å². The smallest absolute Gasteiger partial charge is 0.313 e. The SMILES string of the molecule is CCC(C(=O)O)c1nc(C2CCCN(C)C2)cs1. The van der Waals surface area contributed by atoms with E-state index in [2.05, 4.69) is 16.9 Å². The number of hydrogen-bond acceptors (Lipinski definition) is 4. The molecular formula is C13H20N2O2S. The first kappa shape index (κ1) is 13.5. The highest BCUT2D eigenvalue weighted by Crippen LogP contribution is 2.30. The standard InChI is InChI=1S/C13H20N2O2S/c1-3-10(13(16)17)12-14-11(8-18-12)9-5-4-6-15(2)7-9/h8-10H,3-7H2,1-2H3,(H,16,17). The number of likely N-dealkylation sites (N-methyl/N-ethyl adjacent to an activating group) is 1. The summed E-state index contributed by atoms with van der Waals surface area (Å²) in [4.78, 5) is 18.0. The third kappa shape index (κ3) is 2.90. The van der Waals surface area contributed by atoms with Crippen LogP contribution in [0.25, 0.3) is 0 Å². The number of thiazole rings is 1. The Hall–Kier alpha value is -0.940. The molecule has 2 atom stereocenters. The van der Waals surface area contributed by atoms with Crippen molar-refractivity contribution >= 4 is 17.3 Å². The van der Waals surface area contributed by atoms with Gasteiger partial charge in [-0.05, 0) is 32.9 Å². The highest BCUT2D eigenvalue weighted by molar-refractivity contribution is 7.09. The fourth-order valence-electron chi connectivity index (χ4n) is 2.51. The van der Waals surface area contributed by atoms with Crippen molar-refractivity contribution in [1.82, 2.24) is 9.88 Å². The fourth-order valence-corrected chi connectivity index (χ4v) is 3.59. The van der Waals surface area contributed by atoms with Crippen molar-refractivity contribution in [3.63, 3.8) is 0 Å².